The molecule has 0 aromatic heterocycles. The van der Waals surface area contributed by atoms with Crippen LogP contribution in [0.2, 0.25) is 5.02 Å². The van der Waals surface area contributed by atoms with Gasteiger partial charge in [0.1, 0.15) is 5.75 Å². The third-order valence-corrected chi connectivity index (χ3v) is 3.69. The maximum atomic E-state index is 9.53. The largest absolute Gasteiger partial charge is 0.493 e. The molecule has 0 bridgehead atoms. The Morgan fingerprint density at radius 1 is 1.47 bits per heavy atom. The molecule has 1 aromatic rings. The van der Waals surface area contributed by atoms with E-state index < -0.39 is 0 Å². The molecule has 4 heteroatoms. The number of benzene rings is 1. The maximum Gasteiger partial charge on any atom is 0.127 e. The predicted molar refractivity (Wildman–Crippen MR) is 66.6 cm³/mol. The molecular weight excluding hydrogens is 238 g/mol. The van der Waals surface area contributed by atoms with Gasteiger partial charge in [-0.2, -0.15) is 0 Å². The standard InChI is InChI=1S/C13H16ClNO2/c14-11-5-9-2-4-17-13(9)10(6-11)7-15-3-1-12(16)8-15/h5-6,12,16H,1-4,7-8H2/t12-/m0/s1. The fourth-order valence-corrected chi connectivity index (χ4v) is 2.92. The van der Waals surface area contributed by atoms with Crippen molar-refractivity contribution in [3.63, 3.8) is 0 Å². The van der Waals surface area contributed by atoms with E-state index in [1.807, 2.05) is 12.1 Å². The molecule has 0 saturated carbocycles. The van der Waals surface area contributed by atoms with Gasteiger partial charge in [0, 0.05) is 36.6 Å². The molecule has 0 aliphatic carbocycles. The van der Waals surface area contributed by atoms with E-state index in [-0.39, 0.29) is 6.10 Å². The molecule has 1 saturated heterocycles. The van der Waals surface area contributed by atoms with Gasteiger partial charge in [-0.1, -0.05) is 11.6 Å². The Kier molecular flexibility index (Phi) is 2.99. The van der Waals surface area contributed by atoms with E-state index in [0.29, 0.717) is 0 Å². The van der Waals surface area contributed by atoms with Crippen molar-refractivity contribution < 1.29 is 9.84 Å². The highest BCUT2D eigenvalue weighted by Crippen LogP contribution is 2.34. The minimum atomic E-state index is -0.178. The Labute approximate surface area is 106 Å². The van der Waals surface area contributed by atoms with Crippen molar-refractivity contribution in [3.8, 4) is 5.75 Å². The zero-order chi connectivity index (χ0) is 11.8. The number of hydrogen-bond acceptors (Lipinski definition) is 3. The van der Waals surface area contributed by atoms with E-state index in [9.17, 15) is 5.11 Å². The number of hydrogen-bond donors (Lipinski definition) is 1. The number of rotatable bonds is 2. The van der Waals surface area contributed by atoms with Crippen LogP contribution in [0, 0.1) is 0 Å². The third-order valence-electron chi connectivity index (χ3n) is 3.47. The zero-order valence-corrected chi connectivity index (χ0v) is 10.4. The number of nitrogens with zero attached hydrogens (tertiary/aromatic N) is 1. The van der Waals surface area contributed by atoms with Crippen molar-refractivity contribution in [2.75, 3.05) is 19.7 Å². The van der Waals surface area contributed by atoms with Gasteiger partial charge in [0.25, 0.3) is 0 Å². The van der Waals surface area contributed by atoms with E-state index in [4.69, 9.17) is 16.3 Å². The summed E-state index contributed by atoms with van der Waals surface area (Å²) in [4.78, 5) is 2.25. The van der Waals surface area contributed by atoms with Gasteiger partial charge in [-0.05, 0) is 24.1 Å². The first kappa shape index (κ1) is 11.3. The van der Waals surface area contributed by atoms with E-state index >= 15 is 0 Å². The number of ether oxygens (including phenoxy) is 1. The molecule has 1 aromatic carbocycles. The van der Waals surface area contributed by atoms with Crippen LogP contribution >= 0.6 is 11.6 Å². The second-order valence-electron chi connectivity index (χ2n) is 4.83. The van der Waals surface area contributed by atoms with Crippen LogP contribution in [0.4, 0.5) is 0 Å². The molecule has 3 nitrogen and oxygen atoms in total. The Balaban J connectivity index is 1.83. The monoisotopic (exact) mass is 253 g/mol. The number of aliphatic hydroxyl groups excluding tert-OH is 1. The van der Waals surface area contributed by atoms with Crippen LogP contribution in [0.3, 0.4) is 0 Å². The average molecular weight is 254 g/mol. The van der Waals surface area contributed by atoms with Crippen molar-refractivity contribution in [1.82, 2.24) is 4.90 Å². The van der Waals surface area contributed by atoms with Crippen LogP contribution in [0.25, 0.3) is 0 Å². The van der Waals surface area contributed by atoms with Crippen LogP contribution in [0.1, 0.15) is 17.5 Å². The minimum Gasteiger partial charge on any atom is -0.493 e. The molecule has 2 heterocycles. The van der Waals surface area contributed by atoms with Crippen molar-refractivity contribution in [3.05, 3.63) is 28.3 Å². The lowest BCUT2D eigenvalue weighted by molar-refractivity contribution is 0.174. The lowest BCUT2D eigenvalue weighted by Crippen LogP contribution is -2.21. The van der Waals surface area contributed by atoms with Crippen LogP contribution in [-0.2, 0) is 13.0 Å². The van der Waals surface area contributed by atoms with Crippen molar-refractivity contribution in [2.24, 2.45) is 0 Å². The lowest BCUT2D eigenvalue weighted by Gasteiger charge is -2.17. The third kappa shape index (κ3) is 2.28. The summed E-state index contributed by atoms with van der Waals surface area (Å²) in [5.74, 6) is 1.01. The van der Waals surface area contributed by atoms with Crippen molar-refractivity contribution >= 4 is 11.6 Å². The van der Waals surface area contributed by atoms with Gasteiger partial charge in [-0.15, -0.1) is 0 Å². The van der Waals surface area contributed by atoms with Gasteiger partial charge in [-0.25, -0.2) is 0 Å². The lowest BCUT2D eigenvalue weighted by atomic mass is 10.1. The molecule has 17 heavy (non-hydrogen) atoms. The van der Waals surface area contributed by atoms with Gasteiger partial charge in [0.05, 0.1) is 12.7 Å². The number of halogens is 1. The highest BCUT2D eigenvalue weighted by Gasteiger charge is 2.23. The summed E-state index contributed by atoms with van der Waals surface area (Å²) in [7, 11) is 0. The van der Waals surface area contributed by atoms with E-state index in [1.54, 1.807) is 0 Å². The zero-order valence-electron chi connectivity index (χ0n) is 9.66. The van der Waals surface area contributed by atoms with Crippen LogP contribution < -0.4 is 4.74 Å². The molecule has 2 aliphatic heterocycles. The molecule has 1 atom stereocenters. The average Bonchev–Trinajstić information content (AvgIpc) is 2.87. The smallest absolute Gasteiger partial charge is 0.127 e. The van der Waals surface area contributed by atoms with Gasteiger partial charge >= 0.3 is 0 Å². The highest BCUT2D eigenvalue weighted by atomic mass is 35.5. The van der Waals surface area contributed by atoms with Crippen molar-refractivity contribution in [2.45, 2.75) is 25.5 Å². The topological polar surface area (TPSA) is 32.7 Å². The summed E-state index contributed by atoms with van der Waals surface area (Å²) < 4.78 is 5.67. The van der Waals surface area contributed by atoms with Crippen LogP contribution in [-0.4, -0.2) is 35.8 Å². The summed E-state index contributed by atoms with van der Waals surface area (Å²) in [6, 6.07) is 3.97. The molecule has 0 unspecified atom stereocenters. The first-order valence-corrected chi connectivity index (χ1v) is 6.44. The second-order valence-corrected chi connectivity index (χ2v) is 5.27. The van der Waals surface area contributed by atoms with Crippen LogP contribution in [0.5, 0.6) is 5.75 Å². The number of β-amino-alcohol motifs (C(OH)–C–C–N with tert-alkyl or cyclic N) is 1. The SMILES string of the molecule is O[C@H]1CCN(Cc2cc(Cl)cc3c2OCC3)C1. The number of aliphatic hydroxyl groups is 1. The summed E-state index contributed by atoms with van der Waals surface area (Å²) in [5.41, 5.74) is 2.37. The summed E-state index contributed by atoms with van der Waals surface area (Å²) in [6.07, 6.45) is 1.64. The van der Waals surface area contributed by atoms with Gasteiger partial charge < -0.3 is 9.84 Å². The highest BCUT2D eigenvalue weighted by molar-refractivity contribution is 6.30. The molecule has 0 radical (unpaired) electrons. The molecular formula is C13H16ClNO2. The molecule has 2 aliphatic rings. The fourth-order valence-electron chi connectivity index (χ4n) is 2.66. The molecule has 92 valence electrons. The van der Waals surface area contributed by atoms with Gasteiger partial charge in [0.15, 0.2) is 0 Å². The van der Waals surface area contributed by atoms with Gasteiger partial charge in [-0.3, -0.25) is 4.90 Å². The summed E-state index contributed by atoms with van der Waals surface area (Å²) in [6.45, 7) is 3.27. The van der Waals surface area contributed by atoms with E-state index in [2.05, 4.69) is 4.90 Å². The van der Waals surface area contributed by atoms with Gasteiger partial charge in [0.2, 0.25) is 0 Å². The Morgan fingerprint density at radius 2 is 2.35 bits per heavy atom. The summed E-state index contributed by atoms with van der Waals surface area (Å²) in [5, 5.41) is 10.3. The quantitative estimate of drug-likeness (QED) is 0.873. The molecule has 1 N–H and O–H groups in total. The molecule has 1 fully saturated rings. The second kappa shape index (κ2) is 4.48. The number of likely N-dealkylation sites (tertiary alicyclic amines) is 1. The Hall–Kier alpha value is -0.770. The fraction of sp³-hybridized carbons (Fsp3) is 0.538. The Bertz CT molecular complexity index is 436. The first-order chi connectivity index (χ1) is 8.22. The minimum absolute atomic E-state index is 0.178. The number of fused-ring (bicyclic) bond motifs is 1. The van der Waals surface area contributed by atoms with E-state index in [1.165, 1.54) is 5.56 Å². The van der Waals surface area contributed by atoms with E-state index in [0.717, 1.165) is 55.4 Å². The first-order valence-electron chi connectivity index (χ1n) is 6.07. The molecule has 3 rings (SSSR count). The normalized spacial score (nSPS) is 23.8. The van der Waals surface area contributed by atoms with Crippen LogP contribution in [0.15, 0.2) is 12.1 Å². The molecule has 0 spiro atoms. The Morgan fingerprint density at radius 3 is 3.12 bits per heavy atom. The summed E-state index contributed by atoms with van der Waals surface area (Å²) >= 11 is 6.12. The maximum absolute atomic E-state index is 9.53. The predicted octanol–water partition coefficient (Wildman–Crippen LogP) is 1.84. The molecule has 0 amide bonds. The van der Waals surface area contributed by atoms with Crippen molar-refractivity contribution in [1.29, 1.82) is 0 Å².